The summed E-state index contributed by atoms with van der Waals surface area (Å²) in [6.45, 7) is 3.83. The van der Waals surface area contributed by atoms with Crippen molar-refractivity contribution in [1.82, 2.24) is 19.8 Å². The van der Waals surface area contributed by atoms with E-state index in [4.69, 9.17) is 0 Å². The molecule has 2 atom stereocenters. The lowest BCUT2D eigenvalue weighted by Gasteiger charge is -2.15. The number of carbonyl (C=O) groups excluding carboxylic acids is 1. The summed E-state index contributed by atoms with van der Waals surface area (Å²) < 4.78 is 3.72. The normalized spacial score (nSPS) is 29.5. The van der Waals surface area contributed by atoms with E-state index in [9.17, 15) is 4.79 Å². The monoisotopic (exact) mass is 224 g/mol. The van der Waals surface area contributed by atoms with Gasteiger partial charge in [0.2, 0.25) is 0 Å². The molecule has 0 bridgehead atoms. The Morgan fingerprint density at radius 3 is 2.80 bits per heavy atom. The molecule has 1 amide bonds. The number of likely N-dealkylation sites (tertiary alicyclic amines) is 1. The second-order valence-electron chi connectivity index (χ2n) is 4.18. The maximum atomic E-state index is 11.9. The molecule has 2 aliphatic heterocycles. The Hall–Kier alpha value is -1.01. The van der Waals surface area contributed by atoms with E-state index in [0.29, 0.717) is 17.5 Å². The second-order valence-corrected chi connectivity index (χ2v) is 4.79. The van der Waals surface area contributed by atoms with Crippen LogP contribution in [0.2, 0.25) is 0 Å². The Morgan fingerprint density at radius 1 is 1.47 bits per heavy atom. The minimum absolute atomic E-state index is 0.0400. The number of rotatable bonds is 1. The molecule has 0 saturated carbocycles. The van der Waals surface area contributed by atoms with Gasteiger partial charge in [0.05, 0.1) is 0 Å². The summed E-state index contributed by atoms with van der Waals surface area (Å²) >= 11 is 1.23. The van der Waals surface area contributed by atoms with Crippen LogP contribution in [0.25, 0.3) is 0 Å². The lowest BCUT2D eigenvalue weighted by Crippen LogP contribution is -2.32. The number of nitrogens with zero attached hydrogens (tertiary/aromatic N) is 3. The lowest BCUT2D eigenvalue weighted by atomic mass is 10.0. The van der Waals surface area contributed by atoms with Gasteiger partial charge in [-0.25, -0.2) is 0 Å². The molecular formula is C9H12N4OS. The fourth-order valence-corrected chi connectivity index (χ4v) is 2.87. The van der Waals surface area contributed by atoms with Gasteiger partial charge in [0.1, 0.15) is 0 Å². The summed E-state index contributed by atoms with van der Waals surface area (Å²) in [5.74, 6) is 1.32. The van der Waals surface area contributed by atoms with E-state index in [1.54, 1.807) is 5.38 Å². The van der Waals surface area contributed by atoms with Crippen LogP contribution in [0.5, 0.6) is 0 Å². The highest BCUT2D eigenvalue weighted by molar-refractivity contribution is 7.03. The number of carbonyl (C=O) groups is 1. The van der Waals surface area contributed by atoms with Gasteiger partial charge in [0.15, 0.2) is 5.69 Å². The van der Waals surface area contributed by atoms with E-state index in [-0.39, 0.29) is 5.91 Å². The van der Waals surface area contributed by atoms with Crippen LogP contribution in [0.15, 0.2) is 5.38 Å². The first-order valence-electron chi connectivity index (χ1n) is 5.11. The van der Waals surface area contributed by atoms with E-state index in [2.05, 4.69) is 14.9 Å². The average Bonchev–Trinajstić information content (AvgIpc) is 2.92. The molecule has 80 valence electrons. The van der Waals surface area contributed by atoms with Gasteiger partial charge in [-0.3, -0.25) is 4.79 Å². The molecule has 2 aliphatic rings. The molecule has 15 heavy (non-hydrogen) atoms. The summed E-state index contributed by atoms with van der Waals surface area (Å²) in [6.07, 6.45) is 0. The SMILES string of the molecule is O=C(c1csnn1)N1CC2CNCC2C1. The summed E-state index contributed by atoms with van der Waals surface area (Å²) in [5, 5.41) is 8.89. The van der Waals surface area contributed by atoms with E-state index in [1.807, 2.05) is 4.90 Å². The first-order chi connectivity index (χ1) is 7.34. The fourth-order valence-electron chi connectivity index (χ4n) is 2.44. The van der Waals surface area contributed by atoms with Gasteiger partial charge >= 0.3 is 0 Å². The molecular weight excluding hydrogens is 212 g/mol. The first-order valence-corrected chi connectivity index (χ1v) is 5.95. The predicted molar refractivity (Wildman–Crippen MR) is 55.7 cm³/mol. The number of nitrogens with one attached hydrogen (secondary N) is 1. The van der Waals surface area contributed by atoms with Gasteiger partial charge in [-0.05, 0) is 23.4 Å². The standard InChI is InChI=1S/C9H12N4OS/c14-9(8-5-15-12-11-8)13-3-6-1-10-2-7(6)4-13/h5-7,10H,1-4H2. The highest BCUT2D eigenvalue weighted by Crippen LogP contribution is 2.27. The van der Waals surface area contributed by atoms with Crippen molar-refractivity contribution in [2.75, 3.05) is 26.2 Å². The number of fused-ring (bicyclic) bond motifs is 1. The number of hydrogen-bond acceptors (Lipinski definition) is 5. The van der Waals surface area contributed by atoms with Gasteiger partial charge < -0.3 is 10.2 Å². The maximum Gasteiger partial charge on any atom is 0.275 e. The summed E-state index contributed by atoms with van der Waals surface area (Å²) in [5.41, 5.74) is 0.493. The zero-order valence-electron chi connectivity index (χ0n) is 8.22. The van der Waals surface area contributed by atoms with E-state index in [0.717, 1.165) is 26.2 Å². The molecule has 1 N–H and O–H groups in total. The average molecular weight is 224 g/mol. The Labute approximate surface area is 91.6 Å². The van der Waals surface area contributed by atoms with Crippen molar-refractivity contribution in [2.45, 2.75) is 0 Å². The largest absolute Gasteiger partial charge is 0.337 e. The summed E-state index contributed by atoms with van der Waals surface area (Å²) in [4.78, 5) is 13.9. The Kier molecular flexibility index (Phi) is 2.17. The van der Waals surface area contributed by atoms with Crippen molar-refractivity contribution in [3.63, 3.8) is 0 Å². The lowest BCUT2D eigenvalue weighted by molar-refractivity contribution is 0.0776. The van der Waals surface area contributed by atoms with Gasteiger partial charge in [0.25, 0.3) is 5.91 Å². The molecule has 0 radical (unpaired) electrons. The molecule has 2 fully saturated rings. The topological polar surface area (TPSA) is 58.1 Å². The minimum atomic E-state index is 0.0400. The molecule has 0 aliphatic carbocycles. The first kappa shape index (κ1) is 9.23. The van der Waals surface area contributed by atoms with Gasteiger partial charge in [-0.1, -0.05) is 4.49 Å². The smallest absolute Gasteiger partial charge is 0.275 e. The van der Waals surface area contributed by atoms with Crippen molar-refractivity contribution in [2.24, 2.45) is 11.8 Å². The fraction of sp³-hybridized carbons (Fsp3) is 0.667. The Bertz CT molecular complexity index is 354. The third-order valence-electron chi connectivity index (χ3n) is 3.26. The van der Waals surface area contributed by atoms with Crippen LogP contribution in [0.4, 0.5) is 0 Å². The molecule has 0 aromatic carbocycles. The minimum Gasteiger partial charge on any atom is -0.337 e. The third-order valence-corrected chi connectivity index (χ3v) is 3.76. The van der Waals surface area contributed by atoms with Crippen LogP contribution in [-0.4, -0.2) is 46.6 Å². The zero-order chi connectivity index (χ0) is 10.3. The molecule has 0 spiro atoms. The summed E-state index contributed by atoms with van der Waals surface area (Å²) in [7, 11) is 0. The van der Waals surface area contributed by atoms with Crippen molar-refractivity contribution < 1.29 is 4.79 Å². The quantitative estimate of drug-likeness (QED) is 0.719. The second kappa shape index (κ2) is 3.53. The summed E-state index contributed by atoms with van der Waals surface area (Å²) in [6, 6.07) is 0. The molecule has 3 heterocycles. The highest BCUT2D eigenvalue weighted by atomic mass is 32.1. The number of aromatic nitrogens is 2. The Balaban J connectivity index is 1.72. The third kappa shape index (κ3) is 1.53. The van der Waals surface area contributed by atoms with E-state index < -0.39 is 0 Å². The highest BCUT2D eigenvalue weighted by Gasteiger charge is 2.38. The van der Waals surface area contributed by atoms with Crippen LogP contribution in [-0.2, 0) is 0 Å². The number of hydrogen-bond donors (Lipinski definition) is 1. The van der Waals surface area contributed by atoms with Crippen molar-refractivity contribution in [3.8, 4) is 0 Å². The molecule has 3 rings (SSSR count). The molecule has 1 aromatic heterocycles. The molecule has 2 unspecified atom stereocenters. The molecule has 1 aromatic rings. The molecule has 6 heteroatoms. The van der Waals surface area contributed by atoms with Crippen molar-refractivity contribution in [3.05, 3.63) is 11.1 Å². The zero-order valence-corrected chi connectivity index (χ0v) is 9.04. The van der Waals surface area contributed by atoms with Gasteiger partial charge in [-0.15, -0.1) is 5.10 Å². The van der Waals surface area contributed by atoms with Crippen LogP contribution in [0, 0.1) is 11.8 Å². The van der Waals surface area contributed by atoms with E-state index in [1.165, 1.54) is 11.5 Å². The van der Waals surface area contributed by atoms with Crippen LogP contribution in [0.3, 0.4) is 0 Å². The molecule has 2 saturated heterocycles. The Morgan fingerprint density at radius 2 is 2.20 bits per heavy atom. The predicted octanol–water partition coefficient (Wildman–Crippen LogP) is -0.171. The van der Waals surface area contributed by atoms with Gasteiger partial charge in [0, 0.05) is 31.6 Å². The van der Waals surface area contributed by atoms with Crippen molar-refractivity contribution >= 4 is 17.4 Å². The van der Waals surface area contributed by atoms with Crippen LogP contribution >= 0.6 is 11.5 Å². The van der Waals surface area contributed by atoms with E-state index >= 15 is 0 Å². The van der Waals surface area contributed by atoms with Crippen LogP contribution in [0.1, 0.15) is 10.5 Å². The van der Waals surface area contributed by atoms with Gasteiger partial charge in [-0.2, -0.15) is 0 Å². The molecule has 5 nitrogen and oxygen atoms in total. The van der Waals surface area contributed by atoms with Crippen molar-refractivity contribution in [1.29, 1.82) is 0 Å². The van der Waals surface area contributed by atoms with Crippen LogP contribution < -0.4 is 5.32 Å². The number of amides is 1. The maximum absolute atomic E-state index is 11.9.